The van der Waals surface area contributed by atoms with Gasteiger partial charge in [-0.25, -0.2) is 9.97 Å². The maximum atomic E-state index is 4.47. The van der Waals surface area contributed by atoms with Crippen LogP contribution in [0.3, 0.4) is 0 Å². The molecule has 0 unspecified atom stereocenters. The highest BCUT2D eigenvalue weighted by Crippen LogP contribution is 2.35. The smallest absolute Gasteiger partial charge is 0.180 e. The Kier molecular flexibility index (Phi) is 11.6. The van der Waals surface area contributed by atoms with Gasteiger partial charge >= 0.3 is 0 Å². The Balaban J connectivity index is 0.000000196. The van der Waals surface area contributed by atoms with E-state index in [1.54, 1.807) is 38.1 Å². The Morgan fingerprint density at radius 3 is 1.08 bits per heavy atom. The first kappa shape index (κ1) is 20.7. The number of nitrogens with zero attached hydrogens (tertiary/aromatic N) is 2. The summed E-state index contributed by atoms with van der Waals surface area (Å²) in [6, 6.07) is 0. The zero-order valence-corrected chi connectivity index (χ0v) is 16.2. The fourth-order valence-corrected chi connectivity index (χ4v) is 4.27. The summed E-state index contributed by atoms with van der Waals surface area (Å²) in [6.45, 7) is 0. The molecule has 4 heteroatoms. The van der Waals surface area contributed by atoms with Gasteiger partial charge in [0.2, 0.25) is 0 Å². The molecule has 0 N–H and O–H groups in total. The van der Waals surface area contributed by atoms with Crippen molar-refractivity contribution in [3.8, 4) is 0 Å². The first-order valence-corrected chi connectivity index (χ1v) is 10.6. The molecular formula is C22H36N2O2. The van der Waals surface area contributed by atoms with E-state index < -0.39 is 0 Å². The fourth-order valence-electron chi connectivity index (χ4n) is 4.27. The average molecular weight is 361 g/mol. The Morgan fingerprint density at radius 1 is 0.500 bits per heavy atom. The standard InChI is InChI=1S/C16H30.2C3H3NO/c1-3-7-11-15(12-8-4-1)16-13-9-5-2-6-10-14-16;2*1-2-5-3-4-1/h15-16H,1-14H2;2*1-3H. The topological polar surface area (TPSA) is 52.1 Å². The summed E-state index contributed by atoms with van der Waals surface area (Å²) >= 11 is 0. The molecule has 2 aromatic rings. The zero-order valence-electron chi connectivity index (χ0n) is 16.2. The van der Waals surface area contributed by atoms with Gasteiger partial charge in [-0.15, -0.1) is 0 Å². The lowest BCUT2D eigenvalue weighted by Crippen LogP contribution is -2.17. The number of hydrogen-bond acceptors (Lipinski definition) is 4. The lowest BCUT2D eigenvalue weighted by molar-refractivity contribution is 0.221. The fraction of sp³-hybridized carbons (Fsp3) is 0.727. The van der Waals surface area contributed by atoms with Crippen LogP contribution in [0.2, 0.25) is 0 Å². The Morgan fingerprint density at radius 2 is 0.846 bits per heavy atom. The van der Waals surface area contributed by atoms with Gasteiger partial charge in [0, 0.05) is 0 Å². The minimum atomic E-state index is 1.11. The highest BCUT2D eigenvalue weighted by molar-refractivity contribution is 4.74. The van der Waals surface area contributed by atoms with Crippen LogP contribution in [0.25, 0.3) is 0 Å². The van der Waals surface area contributed by atoms with E-state index in [4.69, 9.17) is 0 Å². The summed E-state index contributed by atoms with van der Waals surface area (Å²) in [4.78, 5) is 7.11. The maximum Gasteiger partial charge on any atom is 0.180 e. The van der Waals surface area contributed by atoms with Gasteiger partial charge in [-0.1, -0.05) is 89.9 Å². The summed E-state index contributed by atoms with van der Waals surface area (Å²) < 4.78 is 8.94. The van der Waals surface area contributed by atoms with Gasteiger partial charge < -0.3 is 8.83 Å². The molecule has 146 valence electrons. The molecule has 0 aromatic carbocycles. The molecule has 4 rings (SSSR count). The second kappa shape index (κ2) is 14.6. The molecule has 2 saturated carbocycles. The molecule has 0 bridgehead atoms. The summed E-state index contributed by atoms with van der Waals surface area (Å²) in [7, 11) is 0. The third-order valence-electron chi connectivity index (χ3n) is 5.66. The summed E-state index contributed by atoms with van der Waals surface area (Å²) in [5.41, 5.74) is 0. The minimum Gasteiger partial charge on any atom is -0.452 e. The van der Waals surface area contributed by atoms with Crippen LogP contribution < -0.4 is 0 Å². The van der Waals surface area contributed by atoms with Crippen molar-refractivity contribution in [2.75, 3.05) is 0 Å². The van der Waals surface area contributed by atoms with Crippen LogP contribution in [0.5, 0.6) is 0 Å². The minimum absolute atomic E-state index is 1.11. The van der Waals surface area contributed by atoms with E-state index in [1.807, 2.05) is 0 Å². The Bertz CT molecular complexity index is 388. The van der Waals surface area contributed by atoms with Crippen molar-refractivity contribution in [2.24, 2.45) is 11.8 Å². The van der Waals surface area contributed by atoms with Gasteiger partial charge in [-0.05, 0) is 11.8 Å². The summed E-state index contributed by atoms with van der Waals surface area (Å²) in [5, 5.41) is 0. The molecule has 0 radical (unpaired) electrons. The molecule has 0 saturated heterocycles. The van der Waals surface area contributed by atoms with Crippen molar-refractivity contribution in [1.82, 2.24) is 9.97 Å². The molecule has 0 amide bonds. The van der Waals surface area contributed by atoms with Crippen molar-refractivity contribution < 1.29 is 8.83 Å². The number of rotatable bonds is 1. The van der Waals surface area contributed by atoms with Crippen molar-refractivity contribution >= 4 is 0 Å². The largest absolute Gasteiger partial charge is 0.452 e. The van der Waals surface area contributed by atoms with Gasteiger partial charge in [-0.2, -0.15) is 0 Å². The first-order chi connectivity index (χ1) is 13.0. The molecule has 4 nitrogen and oxygen atoms in total. The first-order valence-electron chi connectivity index (χ1n) is 10.6. The van der Waals surface area contributed by atoms with Gasteiger partial charge in [0.25, 0.3) is 0 Å². The van der Waals surface area contributed by atoms with Crippen LogP contribution >= 0.6 is 0 Å². The van der Waals surface area contributed by atoms with E-state index in [-0.39, 0.29) is 0 Å². The zero-order chi connectivity index (χ0) is 18.1. The maximum absolute atomic E-state index is 4.47. The predicted molar refractivity (Wildman–Crippen MR) is 105 cm³/mol. The molecule has 2 heterocycles. The molecule has 2 fully saturated rings. The van der Waals surface area contributed by atoms with E-state index in [0.29, 0.717) is 0 Å². The average Bonchev–Trinajstić information content (AvgIpc) is 3.35. The van der Waals surface area contributed by atoms with Gasteiger partial charge in [0.1, 0.15) is 12.5 Å². The lowest BCUT2D eigenvalue weighted by atomic mass is 9.76. The molecule has 26 heavy (non-hydrogen) atoms. The second-order valence-corrected chi connectivity index (χ2v) is 7.56. The van der Waals surface area contributed by atoms with Gasteiger partial charge in [0.15, 0.2) is 12.8 Å². The van der Waals surface area contributed by atoms with Crippen LogP contribution in [0, 0.1) is 11.8 Å². The normalized spacial score (nSPS) is 20.2. The molecule has 2 aliphatic rings. The molecule has 2 aliphatic carbocycles. The number of hydrogen-bond donors (Lipinski definition) is 0. The molecule has 0 atom stereocenters. The Labute approximate surface area is 158 Å². The van der Waals surface area contributed by atoms with Crippen LogP contribution in [-0.2, 0) is 0 Å². The molecule has 0 spiro atoms. The molecule has 2 aromatic heterocycles. The highest BCUT2D eigenvalue weighted by atomic mass is 16.3. The van der Waals surface area contributed by atoms with Gasteiger partial charge in [0.05, 0.1) is 12.4 Å². The monoisotopic (exact) mass is 360 g/mol. The van der Waals surface area contributed by atoms with E-state index in [1.165, 1.54) is 89.5 Å². The third-order valence-corrected chi connectivity index (χ3v) is 5.66. The van der Waals surface area contributed by atoms with E-state index >= 15 is 0 Å². The van der Waals surface area contributed by atoms with E-state index in [9.17, 15) is 0 Å². The van der Waals surface area contributed by atoms with Crippen molar-refractivity contribution in [1.29, 1.82) is 0 Å². The second-order valence-electron chi connectivity index (χ2n) is 7.56. The van der Waals surface area contributed by atoms with Crippen LogP contribution in [0.15, 0.2) is 46.5 Å². The highest BCUT2D eigenvalue weighted by Gasteiger charge is 2.22. The van der Waals surface area contributed by atoms with E-state index in [0.717, 1.165) is 11.8 Å². The van der Waals surface area contributed by atoms with Crippen LogP contribution in [-0.4, -0.2) is 9.97 Å². The summed E-state index contributed by atoms with van der Waals surface area (Å²) in [5.74, 6) is 2.22. The molecule has 0 aliphatic heterocycles. The molecular weight excluding hydrogens is 324 g/mol. The van der Waals surface area contributed by atoms with E-state index in [2.05, 4.69) is 18.8 Å². The van der Waals surface area contributed by atoms with Gasteiger partial charge in [-0.3, -0.25) is 0 Å². The Hall–Kier alpha value is -1.58. The van der Waals surface area contributed by atoms with Crippen LogP contribution in [0.1, 0.15) is 89.9 Å². The third kappa shape index (κ3) is 9.79. The van der Waals surface area contributed by atoms with Crippen LogP contribution in [0.4, 0.5) is 0 Å². The van der Waals surface area contributed by atoms with Crippen molar-refractivity contribution in [3.63, 3.8) is 0 Å². The SMILES string of the molecule is C1CCCC(C2CCCCCCC2)CCC1.c1cocn1.c1cocn1. The quantitative estimate of drug-likeness (QED) is 0.546. The van der Waals surface area contributed by atoms with Crippen molar-refractivity contribution in [2.45, 2.75) is 89.9 Å². The lowest BCUT2D eigenvalue weighted by Gasteiger charge is -2.30. The summed E-state index contributed by atoms with van der Waals surface area (Å²) in [6.07, 6.45) is 30.4. The predicted octanol–water partition coefficient (Wildman–Crippen LogP) is 7.06. The number of oxazole rings is 2. The van der Waals surface area contributed by atoms with Crippen molar-refractivity contribution in [3.05, 3.63) is 37.7 Å². The number of aromatic nitrogens is 2.